The fraction of sp³-hybridized carbons (Fsp3) is 0.219. The molecule has 0 unspecified atom stereocenters. The third-order valence-electron chi connectivity index (χ3n) is 7.17. The van der Waals surface area contributed by atoms with Gasteiger partial charge in [0.2, 0.25) is 0 Å². The predicted octanol–water partition coefficient (Wildman–Crippen LogP) is 8.85. The Morgan fingerprint density at radius 1 is 0.784 bits per heavy atom. The number of halogens is 3. The minimum absolute atomic E-state index is 0.00871. The quantitative estimate of drug-likeness (QED) is 0.247. The molecule has 5 aromatic carbocycles. The summed E-state index contributed by atoms with van der Waals surface area (Å²) in [5, 5.41) is 8.89. The average Bonchev–Trinajstić information content (AvgIpc) is 3.70. The SMILES string of the molecule is CC(C)NC(=O)c1ccc2c(-c3ccc(C(F)(F)F)cc3)c3cc4cc(C5CC5)ccc4cc3cc2c1. The number of carbonyl (C=O) groups is 1. The van der Waals surface area contributed by atoms with Crippen LogP contribution in [0.3, 0.4) is 0 Å². The van der Waals surface area contributed by atoms with Gasteiger partial charge < -0.3 is 5.32 Å². The van der Waals surface area contributed by atoms with E-state index in [-0.39, 0.29) is 11.9 Å². The first-order valence-electron chi connectivity index (χ1n) is 12.6. The fourth-order valence-corrected chi connectivity index (χ4v) is 5.19. The van der Waals surface area contributed by atoms with E-state index in [2.05, 4.69) is 41.7 Å². The Bertz CT molecular complexity index is 1680. The number of fused-ring (bicyclic) bond motifs is 3. The molecule has 37 heavy (non-hydrogen) atoms. The normalized spacial score (nSPS) is 14.1. The molecular weight excluding hydrogens is 471 g/mol. The van der Waals surface area contributed by atoms with Gasteiger partial charge >= 0.3 is 6.18 Å². The second kappa shape index (κ2) is 8.62. The predicted molar refractivity (Wildman–Crippen MR) is 144 cm³/mol. The van der Waals surface area contributed by atoms with Gasteiger partial charge in [0.15, 0.2) is 0 Å². The number of hydrogen-bond donors (Lipinski definition) is 1. The van der Waals surface area contributed by atoms with Crippen molar-refractivity contribution in [3.8, 4) is 11.1 Å². The maximum Gasteiger partial charge on any atom is 0.416 e. The topological polar surface area (TPSA) is 29.1 Å². The molecule has 0 saturated heterocycles. The second-order valence-electron chi connectivity index (χ2n) is 10.3. The molecule has 0 bridgehead atoms. The van der Waals surface area contributed by atoms with Gasteiger partial charge in [-0.25, -0.2) is 0 Å². The molecule has 1 N–H and O–H groups in total. The number of alkyl halides is 3. The highest BCUT2D eigenvalue weighted by Crippen LogP contribution is 2.43. The van der Waals surface area contributed by atoms with Crippen LogP contribution in [0.4, 0.5) is 13.2 Å². The van der Waals surface area contributed by atoms with Crippen molar-refractivity contribution in [3.05, 3.63) is 95.6 Å². The summed E-state index contributed by atoms with van der Waals surface area (Å²) in [6.45, 7) is 3.82. The van der Waals surface area contributed by atoms with E-state index in [1.165, 1.54) is 18.4 Å². The van der Waals surface area contributed by atoms with Gasteiger partial charge in [-0.1, -0.05) is 36.4 Å². The molecule has 6 rings (SSSR count). The summed E-state index contributed by atoms with van der Waals surface area (Å²) in [7, 11) is 0. The van der Waals surface area contributed by atoms with E-state index in [1.807, 2.05) is 26.0 Å². The molecule has 0 radical (unpaired) electrons. The Hall–Kier alpha value is -3.86. The lowest BCUT2D eigenvalue weighted by atomic mass is 9.89. The molecule has 0 aliphatic heterocycles. The van der Waals surface area contributed by atoms with E-state index in [4.69, 9.17) is 0 Å². The summed E-state index contributed by atoms with van der Waals surface area (Å²) < 4.78 is 39.8. The van der Waals surface area contributed by atoms with Crippen LogP contribution in [0.2, 0.25) is 0 Å². The third kappa shape index (κ3) is 4.43. The van der Waals surface area contributed by atoms with Crippen molar-refractivity contribution in [2.45, 2.75) is 44.8 Å². The van der Waals surface area contributed by atoms with Crippen molar-refractivity contribution in [2.24, 2.45) is 0 Å². The van der Waals surface area contributed by atoms with E-state index in [0.29, 0.717) is 17.0 Å². The maximum atomic E-state index is 13.3. The highest BCUT2D eigenvalue weighted by atomic mass is 19.4. The largest absolute Gasteiger partial charge is 0.416 e. The zero-order valence-electron chi connectivity index (χ0n) is 20.6. The van der Waals surface area contributed by atoms with Gasteiger partial charge in [0, 0.05) is 11.6 Å². The van der Waals surface area contributed by atoms with Gasteiger partial charge in [-0.3, -0.25) is 4.79 Å². The minimum atomic E-state index is -4.40. The number of carbonyl (C=O) groups excluding carboxylic acids is 1. The van der Waals surface area contributed by atoms with Gasteiger partial charge in [0.05, 0.1) is 5.56 Å². The van der Waals surface area contributed by atoms with Gasteiger partial charge in [-0.15, -0.1) is 0 Å². The lowest BCUT2D eigenvalue weighted by molar-refractivity contribution is -0.137. The number of rotatable bonds is 4. The summed E-state index contributed by atoms with van der Waals surface area (Å²) in [6.07, 6.45) is -1.96. The molecule has 186 valence electrons. The molecule has 5 aromatic rings. The minimum Gasteiger partial charge on any atom is -0.350 e. The van der Waals surface area contributed by atoms with Crippen molar-refractivity contribution in [2.75, 3.05) is 0 Å². The molecule has 0 spiro atoms. The van der Waals surface area contributed by atoms with Gasteiger partial charge in [0.1, 0.15) is 0 Å². The van der Waals surface area contributed by atoms with Gasteiger partial charge in [-0.2, -0.15) is 13.2 Å². The molecule has 2 nitrogen and oxygen atoms in total. The van der Waals surface area contributed by atoms with E-state index >= 15 is 0 Å². The Kier molecular flexibility index (Phi) is 5.48. The van der Waals surface area contributed by atoms with Gasteiger partial charge in [-0.05, 0) is 124 Å². The molecule has 0 atom stereocenters. The zero-order valence-corrected chi connectivity index (χ0v) is 20.6. The van der Waals surface area contributed by atoms with Crippen LogP contribution in [0, 0.1) is 0 Å². The van der Waals surface area contributed by atoms with Crippen LogP contribution in [-0.2, 0) is 6.18 Å². The molecule has 0 heterocycles. The highest BCUT2D eigenvalue weighted by Gasteiger charge is 2.30. The summed E-state index contributed by atoms with van der Waals surface area (Å²) in [4.78, 5) is 12.7. The van der Waals surface area contributed by atoms with Crippen LogP contribution >= 0.6 is 0 Å². The zero-order chi connectivity index (χ0) is 25.9. The fourth-order valence-electron chi connectivity index (χ4n) is 5.19. The maximum absolute atomic E-state index is 13.3. The van der Waals surface area contributed by atoms with Crippen LogP contribution in [-0.4, -0.2) is 11.9 Å². The average molecular weight is 498 g/mol. The number of amides is 1. The Morgan fingerprint density at radius 2 is 1.49 bits per heavy atom. The van der Waals surface area contributed by atoms with Crippen molar-refractivity contribution in [1.82, 2.24) is 5.32 Å². The number of benzene rings is 5. The summed E-state index contributed by atoms with van der Waals surface area (Å²) in [6, 6.07) is 23.9. The van der Waals surface area contributed by atoms with E-state index in [9.17, 15) is 18.0 Å². The van der Waals surface area contributed by atoms with E-state index in [1.54, 1.807) is 18.2 Å². The summed E-state index contributed by atoms with van der Waals surface area (Å²) >= 11 is 0. The standard InChI is InChI=1S/C32H26F3NO/c1-18(2)36-31(37)23-9-12-28-25(15-23)16-26-14-22-6-5-21(19-3-4-19)13-24(22)17-29(26)30(28)20-7-10-27(11-8-20)32(33,34)35/h5-19H,3-4H2,1-2H3,(H,36,37). The second-order valence-corrected chi connectivity index (χ2v) is 10.3. The monoisotopic (exact) mass is 497 g/mol. The van der Waals surface area contributed by atoms with Crippen molar-refractivity contribution in [3.63, 3.8) is 0 Å². The van der Waals surface area contributed by atoms with Crippen molar-refractivity contribution >= 4 is 38.2 Å². The molecule has 1 saturated carbocycles. The summed E-state index contributed by atoms with van der Waals surface area (Å²) in [5.41, 5.74) is 2.79. The molecule has 1 aliphatic carbocycles. The molecule has 1 fully saturated rings. The first-order chi connectivity index (χ1) is 17.7. The molecule has 0 aromatic heterocycles. The Morgan fingerprint density at radius 3 is 2.16 bits per heavy atom. The van der Waals surface area contributed by atoms with Crippen molar-refractivity contribution in [1.29, 1.82) is 0 Å². The highest BCUT2D eigenvalue weighted by molar-refractivity contribution is 6.16. The van der Waals surface area contributed by atoms with Crippen molar-refractivity contribution < 1.29 is 18.0 Å². The molecule has 1 amide bonds. The van der Waals surface area contributed by atoms with Crippen LogP contribution in [0.15, 0.2) is 78.9 Å². The molecule has 1 aliphatic rings. The van der Waals surface area contributed by atoms with Crippen LogP contribution in [0.5, 0.6) is 0 Å². The van der Waals surface area contributed by atoms with Gasteiger partial charge in [0.25, 0.3) is 5.91 Å². The Balaban J connectivity index is 1.61. The first kappa shape index (κ1) is 23.5. The lowest BCUT2D eigenvalue weighted by Crippen LogP contribution is -2.29. The third-order valence-corrected chi connectivity index (χ3v) is 7.17. The lowest BCUT2D eigenvalue weighted by Gasteiger charge is -2.16. The Labute approximate surface area is 213 Å². The first-order valence-corrected chi connectivity index (χ1v) is 12.6. The molecule has 5 heteroatoms. The van der Waals surface area contributed by atoms with Crippen LogP contribution in [0.25, 0.3) is 43.4 Å². The smallest absolute Gasteiger partial charge is 0.350 e. The number of hydrogen-bond acceptors (Lipinski definition) is 1. The van der Waals surface area contributed by atoms with E-state index < -0.39 is 11.7 Å². The summed E-state index contributed by atoms with van der Waals surface area (Å²) in [5.74, 6) is 0.473. The van der Waals surface area contributed by atoms with Crippen LogP contribution < -0.4 is 5.32 Å². The number of nitrogens with one attached hydrogen (secondary N) is 1. The molecular formula is C32H26F3NO. The van der Waals surface area contributed by atoms with Crippen LogP contribution in [0.1, 0.15) is 54.1 Å². The van der Waals surface area contributed by atoms with E-state index in [0.717, 1.165) is 50.0 Å².